The van der Waals surface area contributed by atoms with Gasteiger partial charge >= 0.3 is 0 Å². The Balaban J connectivity index is 2.77. The summed E-state index contributed by atoms with van der Waals surface area (Å²) in [4.78, 5) is 0. The standard InChI is InChI=1S/C14H27N2O2PS2/c1-10(2)16(11(3)4)19(17-9-7-8-15)18-14-12(5)20-21-13(14)6/h10-14H,7,9H2,1-6H3/t12-,13+,14-,19?. The summed E-state index contributed by atoms with van der Waals surface area (Å²) in [6.07, 6.45) is 0.610. The molecule has 1 fully saturated rings. The van der Waals surface area contributed by atoms with E-state index in [1.54, 1.807) is 0 Å². The second kappa shape index (κ2) is 9.60. The van der Waals surface area contributed by atoms with E-state index in [4.69, 9.17) is 14.3 Å². The van der Waals surface area contributed by atoms with E-state index in [9.17, 15) is 0 Å². The van der Waals surface area contributed by atoms with Crippen LogP contribution < -0.4 is 0 Å². The zero-order valence-electron chi connectivity index (χ0n) is 13.8. The van der Waals surface area contributed by atoms with Crippen LogP contribution in [0.4, 0.5) is 0 Å². The van der Waals surface area contributed by atoms with Crippen LogP contribution in [0.1, 0.15) is 48.0 Å². The molecule has 0 bridgehead atoms. The molecule has 0 radical (unpaired) electrons. The topological polar surface area (TPSA) is 45.5 Å². The number of nitriles is 1. The fraction of sp³-hybridized carbons (Fsp3) is 0.929. The fourth-order valence-corrected chi connectivity index (χ4v) is 7.24. The SMILES string of the molecule is CC(C)N(C(C)C)P(OCCC#N)O[C@H]1[C@H](C)SS[C@@H]1C. The van der Waals surface area contributed by atoms with Gasteiger partial charge in [-0.25, -0.2) is 4.67 Å². The predicted molar refractivity (Wildman–Crippen MR) is 94.2 cm³/mol. The lowest BCUT2D eigenvalue weighted by Gasteiger charge is -2.37. The quantitative estimate of drug-likeness (QED) is 0.355. The molecular formula is C14H27N2O2PS2. The summed E-state index contributed by atoms with van der Waals surface area (Å²) in [6.45, 7) is 13.5. The lowest BCUT2D eigenvalue weighted by atomic mass is 10.2. The second-order valence-electron chi connectivity index (χ2n) is 5.72. The molecule has 0 aromatic heterocycles. The minimum atomic E-state index is -1.12. The molecule has 0 saturated carbocycles. The predicted octanol–water partition coefficient (Wildman–Crippen LogP) is 4.82. The number of rotatable bonds is 8. The van der Waals surface area contributed by atoms with E-state index in [0.717, 1.165) is 0 Å². The monoisotopic (exact) mass is 350 g/mol. The van der Waals surface area contributed by atoms with E-state index in [1.807, 2.05) is 21.6 Å². The Morgan fingerprint density at radius 1 is 1.14 bits per heavy atom. The summed E-state index contributed by atoms with van der Waals surface area (Å²) in [5.41, 5.74) is 0. The molecule has 0 aromatic rings. The zero-order valence-corrected chi connectivity index (χ0v) is 16.3. The molecule has 4 nitrogen and oxygen atoms in total. The summed E-state index contributed by atoms with van der Waals surface area (Å²) < 4.78 is 14.6. The van der Waals surface area contributed by atoms with Gasteiger partial charge in [0.15, 0.2) is 0 Å². The summed E-state index contributed by atoms with van der Waals surface area (Å²) in [7, 11) is 2.65. The van der Waals surface area contributed by atoms with E-state index in [-0.39, 0.29) is 6.10 Å². The Bertz CT molecular complexity index is 334. The maximum Gasteiger partial charge on any atom is 0.259 e. The van der Waals surface area contributed by atoms with Crippen LogP contribution in [0, 0.1) is 11.3 Å². The highest BCUT2D eigenvalue weighted by atomic mass is 33.1. The van der Waals surface area contributed by atoms with Crippen molar-refractivity contribution in [1.82, 2.24) is 4.67 Å². The van der Waals surface area contributed by atoms with Crippen LogP contribution >= 0.6 is 30.1 Å². The van der Waals surface area contributed by atoms with Crippen LogP contribution in [0.25, 0.3) is 0 Å². The third kappa shape index (κ3) is 5.89. The minimum Gasteiger partial charge on any atom is -0.321 e. The molecule has 0 N–H and O–H groups in total. The first-order valence-corrected chi connectivity index (χ1v) is 10.9. The second-order valence-corrected chi connectivity index (χ2v) is 10.2. The molecule has 1 unspecified atom stereocenters. The highest BCUT2D eigenvalue weighted by Gasteiger charge is 2.38. The number of hydrogen-bond acceptors (Lipinski definition) is 6. The normalized spacial score (nSPS) is 27.5. The Hall–Kier alpha value is 0.500. The summed E-state index contributed by atoms with van der Waals surface area (Å²) in [5.74, 6) is 0. The molecule has 1 saturated heterocycles. The third-order valence-corrected chi connectivity index (χ3v) is 8.70. The van der Waals surface area contributed by atoms with Crippen molar-refractivity contribution < 1.29 is 9.05 Å². The van der Waals surface area contributed by atoms with Crippen LogP contribution in [0.3, 0.4) is 0 Å². The Morgan fingerprint density at radius 3 is 2.10 bits per heavy atom. The highest BCUT2D eigenvalue weighted by molar-refractivity contribution is 8.77. The van der Waals surface area contributed by atoms with Crippen molar-refractivity contribution in [2.24, 2.45) is 0 Å². The van der Waals surface area contributed by atoms with Gasteiger partial charge in [-0.15, -0.1) is 0 Å². The van der Waals surface area contributed by atoms with E-state index >= 15 is 0 Å². The van der Waals surface area contributed by atoms with E-state index in [1.165, 1.54) is 0 Å². The summed E-state index contributed by atoms with van der Waals surface area (Å²) in [6, 6.07) is 2.84. The average molecular weight is 350 g/mol. The van der Waals surface area contributed by atoms with Gasteiger partial charge in [0.25, 0.3) is 8.53 Å². The molecule has 0 spiro atoms. The Labute approximate surface area is 138 Å². The molecule has 1 aliphatic heterocycles. The molecular weight excluding hydrogens is 323 g/mol. The minimum absolute atomic E-state index is 0.202. The molecule has 1 aliphatic rings. The van der Waals surface area contributed by atoms with Crippen molar-refractivity contribution in [1.29, 1.82) is 5.26 Å². The fourth-order valence-electron chi connectivity index (χ4n) is 2.24. The average Bonchev–Trinajstić information content (AvgIpc) is 2.69. The van der Waals surface area contributed by atoms with Crippen molar-refractivity contribution >= 4 is 30.1 Å². The molecule has 4 atom stereocenters. The first kappa shape index (κ1) is 19.5. The van der Waals surface area contributed by atoms with E-state index in [0.29, 0.717) is 35.6 Å². The number of nitrogens with zero attached hydrogens (tertiary/aromatic N) is 2. The first-order valence-electron chi connectivity index (χ1n) is 7.45. The summed E-state index contributed by atoms with van der Waals surface area (Å²) >= 11 is 0. The van der Waals surface area contributed by atoms with Gasteiger partial charge in [-0.1, -0.05) is 21.6 Å². The molecule has 21 heavy (non-hydrogen) atoms. The molecule has 1 heterocycles. The first-order chi connectivity index (χ1) is 9.88. The molecule has 0 aromatic carbocycles. The van der Waals surface area contributed by atoms with Crippen molar-refractivity contribution in [3.8, 4) is 6.07 Å². The van der Waals surface area contributed by atoms with Crippen LogP contribution in [0.2, 0.25) is 0 Å². The van der Waals surface area contributed by atoms with Crippen LogP contribution in [0.5, 0.6) is 0 Å². The molecule has 1 rings (SSSR count). The lowest BCUT2D eigenvalue weighted by Crippen LogP contribution is -2.36. The molecule has 0 amide bonds. The molecule has 122 valence electrons. The number of hydrogen-bond donors (Lipinski definition) is 0. The largest absolute Gasteiger partial charge is 0.321 e. The Kier molecular flexibility index (Phi) is 8.93. The van der Waals surface area contributed by atoms with Crippen molar-refractivity contribution in [2.45, 2.75) is 76.7 Å². The molecule has 0 aliphatic carbocycles. The van der Waals surface area contributed by atoms with Gasteiger partial charge in [0.05, 0.1) is 25.2 Å². The van der Waals surface area contributed by atoms with Gasteiger partial charge in [-0.3, -0.25) is 0 Å². The van der Waals surface area contributed by atoms with Crippen LogP contribution in [-0.4, -0.2) is 40.0 Å². The highest BCUT2D eigenvalue weighted by Crippen LogP contribution is 2.53. The van der Waals surface area contributed by atoms with Gasteiger partial charge in [-0.2, -0.15) is 5.26 Å². The van der Waals surface area contributed by atoms with E-state index < -0.39 is 8.53 Å². The smallest absolute Gasteiger partial charge is 0.259 e. The Morgan fingerprint density at radius 2 is 1.67 bits per heavy atom. The van der Waals surface area contributed by atoms with Gasteiger partial charge in [0.1, 0.15) is 0 Å². The lowest BCUT2D eigenvalue weighted by molar-refractivity contribution is 0.134. The van der Waals surface area contributed by atoms with Gasteiger partial charge in [-0.05, 0) is 41.5 Å². The maximum absolute atomic E-state index is 8.72. The van der Waals surface area contributed by atoms with Crippen molar-refractivity contribution in [2.75, 3.05) is 6.61 Å². The summed E-state index contributed by atoms with van der Waals surface area (Å²) in [5, 5.41) is 9.66. The molecule has 7 heteroatoms. The van der Waals surface area contributed by atoms with Crippen molar-refractivity contribution in [3.05, 3.63) is 0 Å². The zero-order chi connectivity index (χ0) is 16.0. The van der Waals surface area contributed by atoms with Crippen LogP contribution in [-0.2, 0) is 9.05 Å². The maximum atomic E-state index is 8.72. The third-order valence-electron chi connectivity index (χ3n) is 3.16. The van der Waals surface area contributed by atoms with Gasteiger partial charge in [0, 0.05) is 22.6 Å². The van der Waals surface area contributed by atoms with E-state index in [2.05, 4.69) is 52.3 Å². The van der Waals surface area contributed by atoms with Gasteiger partial charge in [0.2, 0.25) is 0 Å². The van der Waals surface area contributed by atoms with Crippen LogP contribution in [0.15, 0.2) is 0 Å². The van der Waals surface area contributed by atoms with Crippen molar-refractivity contribution in [3.63, 3.8) is 0 Å². The van der Waals surface area contributed by atoms with Gasteiger partial charge < -0.3 is 9.05 Å².